The van der Waals surface area contributed by atoms with Gasteiger partial charge < -0.3 is 5.32 Å². The Balaban J connectivity index is 1.88. The highest BCUT2D eigenvalue weighted by Gasteiger charge is 2.43. The zero-order valence-electron chi connectivity index (χ0n) is 17.0. The third-order valence-electron chi connectivity index (χ3n) is 5.10. The van der Waals surface area contributed by atoms with E-state index in [4.69, 9.17) is 11.6 Å². The van der Waals surface area contributed by atoms with Crippen LogP contribution in [0.1, 0.15) is 49.3 Å². The molecule has 2 atom stereocenters. The number of aryl methyl sites for hydroxylation is 2. The first-order valence-electron chi connectivity index (χ1n) is 9.62. The second-order valence-corrected chi connectivity index (χ2v) is 8.31. The Morgan fingerprint density at radius 3 is 2.31 bits per heavy atom. The molecule has 0 spiro atoms. The molecular weight excluding hydrogens is 390 g/mol. The minimum Gasteiger partial charge on any atom is -0.354 e. The number of rotatable bonds is 5. The van der Waals surface area contributed by atoms with E-state index in [9.17, 15) is 14.4 Å². The predicted octanol–water partition coefficient (Wildman–Crippen LogP) is 3.57. The summed E-state index contributed by atoms with van der Waals surface area (Å²) in [5, 5.41) is 3.24. The molecule has 152 valence electrons. The lowest BCUT2D eigenvalue weighted by atomic mass is 9.86. The topological polar surface area (TPSA) is 89.0 Å². The first kappa shape index (κ1) is 21.1. The van der Waals surface area contributed by atoms with Crippen molar-refractivity contribution in [2.45, 2.75) is 52.5 Å². The van der Waals surface area contributed by atoms with Crippen LogP contribution in [-0.4, -0.2) is 33.5 Å². The number of hydrogen-bond acceptors (Lipinski definition) is 5. The van der Waals surface area contributed by atoms with Crippen LogP contribution in [0, 0.1) is 19.8 Å². The highest BCUT2D eigenvalue weighted by molar-refractivity contribution is 6.30. The Bertz CT molecular complexity index is 947. The zero-order valence-corrected chi connectivity index (χ0v) is 17.7. The number of ketones is 2. The minimum atomic E-state index is -0.813. The predicted molar refractivity (Wildman–Crippen MR) is 111 cm³/mol. The number of carbonyl (C=O) groups is 3. The van der Waals surface area contributed by atoms with Crippen molar-refractivity contribution >= 4 is 29.1 Å². The molecule has 1 aliphatic carbocycles. The Kier molecular flexibility index (Phi) is 6.13. The number of nitrogens with one attached hydrogen (secondary N) is 1. The number of amides is 1. The van der Waals surface area contributed by atoms with Crippen molar-refractivity contribution in [3.63, 3.8) is 0 Å². The van der Waals surface area contributed by atoms with Crippen LogP contribution in [0.4, 0.5) is 0 Å². The van der Waals surface area contributed by atoms with Crippen molar-refractivity contribution in [2.24, 2.45) is 5.92 Å². The molecule has 1 saturated carbocycles. The molecule has 1 heterocycles. The summed E-state index contributed by atoms with van der Waals surface area (Å²) in [6.45, 7) is 7.48. The van der Waals surface area contributed by atoms with Crippen LogP contribution in [0.3, 0.4) is 0 Å². The fraction of sp³-hybridized carbons (Fsp3) is 0.409. The van der Waals surface area contributed by atoms with E-state index in [0.29, 0.717) is 10.8 Å². The highest BCUT2D eigenvalue weighted by atomic mass is 35.5. The van der Waals surface area contributed by atoms with E-state index in [0.717, 1.165) is 22.3 Å². The Morgan fingerprint density at radius 1 is 1.17 bits per heavy atom. The lowest BCUT2D eigenvalue weighted by Gasteiger charge is -2.17. The average Bonchev–Trinajstić information content (AvgIpc) is 2.88. The van der Waals surface area contributed by atoms with Crippen molar-refractivity contribution in [1.82, 2.24) is 15.3 Å². The fourth-order valence-electron chi connectivity index (χ4n) is 3.96. The van der Waals surface area contributed by atoms with Gasteiger partial charge in [0.15, 0.2) is 11.6 Å². The normalized spacial score (nSPS) is 19.1. The molecule has 6 nitrogen and oxygen atoms in total. The molecule has 1 aliphatic rings. The van der Waals surface area contributed by atoms with Crippen LogP contribution in [0.25, 0.3) is 11.4 Å². The van der Waals surface area contributed by atoms with Gasteiger partial charge in [-0.1, -0.05) is 11.6 Å². The van der Waals surface area contributed by atoms with Gasteiger partial charge in [-0.3, -0.25) is 14.4 Å². The van der Waals surface area contributed by atoms with E-state index in [1.54, 1.807) is 0 Å². The van der Waals surface area contributed by atoms with Gasteiger partial charge in [-0.05, 0) is 56.5 Å². The SMILES string of the molecule is Cc1cc(-c2ncc(Cl)cn2)cc(C)c1C1C(=O)CC(CC(=O)NC(C)C)C1=O. The van der Waals surface area contributed by atoms with Crippen molar-refractivity contribution in [2.75, 3.05) is 0 Å². The van der Waals surface area contributed by atoms with Gasteiger partial charge in [0, 0.05) is 42.8 Å². The summed E-state index contributed by atoms with van der Waals surface area (Å²) in [4.78, 5) is 46.2. The van der Waals surface area contributed by atoms with Crippen molar-refractivity contribution in [1.29, 1.82) is 0 Å². The molecule has 0 bridgehead atoms. The van der Waals surface area contributed by atoms with Gasteiger partial charge in [0.05, 0.1) is 5.02 Å². The van der Waals surface area contributed by atoms with E-state index in [2.05, 4.69) is 15.3 Å². The number of nitrogens with zero attached hydrogens (tertiary/aromatic N) is 2. The summed E-state index contributed by atoms with van der Waals surface area (Å²) in [5.41, 5.74) is 3.19. The monoisotopic (exact) mass is 413 g/mol. The van der Waals surface area contributed by atoms with Gasteiger partial charge in [-0.2, -0.15) is 0 Å². The molecule has 1 aromatic carbocycles. The van der Waals surface area contributed by atoms with Crippen LogP contribution in [0.5, 0.6) is 0 Å². The van der Waals surface area contributed by atoms with Crippen molar-refractivity contribution < 1.29 is 14.4 Å². The molecule has 0 aliphatic heterocycles. The number of hydrogen-bond donors (Lipinski definition) is 1. The third kappa shape index (κ3) is 4.53. The quantitative estimate of drug-likeness (QED) is 0.757. The summed E-state index contributed by atoms with van der Waals surface area (Å²) in [6, 6.07) is 3.76. The van der Waals surface area contributed by atoms with Crippen LogP contribution in [0.15, 0.2) is 24.5 Å². The molecule has 2 aromatic rings. The molecule has 1 N–H and O–H groups in total. The summed E-state index contributed by atoms with van der Waals surface area (Å²) in [6.07, 6.45) is 3.21. The summed E-state index contributed by atoms with van der Waals surface area (Å²) >= 11 is 5.85. The first-order chi connectivity index (χ1) is 13.7. The fourth-order valence-corrected chi connectivity index (χ4v) is 4.05. The largest absolute Gasteiger partial charge is 0.354 e. The highest BCUT2D eigenvalue weighted by Crippen LogP contribution is 2.38. The molecule has 7 heteroatoms. The smallest absolute Gasteiger partial charge is 0.220 e. The molecule has 2 unspecified atom stereocenters. The molecular formula is C22H24ClN3O3. The second-order valence-electron chi connectivity index (χ2n) is 7.88. The lowest BCUT2D eigenvalue weighted by Crippen LogP contribution is -2.32. The summed E-state index contributed by atoms with van der Waals surface area (Å²) in [5.74, 6) is -1.35. The van der Waals surface area contributed by atoms with Gasteiger partial charge in [0.2, 0.25) is 5.91 Å². The number of benzene rings is 1. The molecule has 0 radical (unpaired) electrons. The van der Waals surface area contributed by atoms with Crippen molar-refractivity contribution in [3.05, 3.63) is 46.2 Å². The van der Waals surface area contributed by atoms with Crippen molar-refractivity contribution in [3.8, 4) is 11.4 Å². The van der Waals surface area contributed by atoms with Gasteiger partial charge in [-0.25, -0.2) is 9.97 Å². The van der Waals surface area contributed by atoms with Gasteiger partial charge in [0.1, 0.15) is 11.7 Å². The molecule has 29 heavy (non-hydrogen) atoms. The summed E-state index contributed by atoms with van der Waals surface area (Å²) in [7, 11) is 0. The molecule has 1 amide bonds. The van der Waals surface area contributed by atoms with E-state index in [1.165, 1.54) is 12.4 Å². The van der Waals surface area contributed by atoms with Crippen LogP contribution >= 0.6 is 11.6 Å². The van der Waals surface area contributed by atoms with E-state index < -0.39 is 11.8 Å². The van der Waals surface area contributed by atoms with E-state index in [-0.39, 0.29) is 36.4 Å². The van der Waals surface area contributed by atoms with Gasteiger partial charge in [-0.15, -0.1) is 0 Å². The van der Waals surface area contributed by atoms with Crippen LogP contribution in [-0.2, 0) is 14.4 Å². The van der Waals surface area contributed by atoms with E-state index >= 15 is 0 Å². The second kappa shape index (κ2) is 8.41. The van der Waals surface area contributed by atoms with Gasteiger partial charge in [0.25, 0.3) is 0 Å². The maximum atomic E-state index is 13.0. The summed E-state index contributed by atoms with van der Waals surface area (Å²) < 4.78 is 0. The Morgan fingerprint density at radius 2 is 1.76 bits per heavy atom. The van der Waals surface area contributed by atoms with Crippen LogP contribution < -0.4 is 5.32 Å². The number of Topliss-reactive ketones (excluding diaryl/α,β-unsaturated/α-hetero) is 2. The standard InChI is InChI=1S/C22H24ClN3O3/c1-11(2)26-18(28)8-14-7-17(27)20(21(14)29)19-12(3)5-15(6-13(19)4)22-24-9-16(23)10-25-22/h5-6,9-11,14,20H,7-8H2,1-4H3,(H,26,28). The number of halogens is 1. The van der Waals surface area contributed by atoms with Gasteiger partial charge >= 0.3 is 0 Å². The van der Waals surface area contributed by atoms with Crippen LogP contribution in [0.2, 0.25) is 5.02 Å². The Hall–Kier alpha value is -2.60. The Labute approximate surface area is 175 Å². The molecule has 1 aromatic heterocycles. The minimum absolute atomic E-state index is 0.00220. The molecule has 3 rings (SSSR count). The third-order valence-corrected chi connectivity index (χ3v) is 5.29. The molecule has 0 saturated heterocycles. The molecule has 1 fully saturated rings. The zero-order chi connectivity index (χ0) is 21.3. The van der Waals surface area contributed by atoms with E-state index in [1.807, 2.05) is 39.8 Å². The number of aromatic nitrogens is 2. The average molecular weight is 414 g/mol. The maximum absolute atomic E-state index is 13.0. The number of carbonyl (C=O) groups excluding carboxylic acids is 3. The maximum Gasteiger partial charge on any atom is 0.220 e. The lowest BCUT2D eigenvalue weighted by molar-refractivity contribution is -0.128. The first-order valence-corrected chi connectivity index (χ1v) is 10.00.